The van der Waals surface area contributed by atoms with Crippen molar-refractivity contribution in [2.24, 2.45) is 0 Å². The molecule has 1 aliphatic heterocycles. The second-order valence-electron chi connectivity index (χ2n) is 5.10. The number of hydrogen-bond donors (Lipinski definition) is 1. The lowest BCUT2D eigenvalue weighted by atomic mass is 9.97. The number of rotatable bonds is 2. The largest absolute Gasteiger partial charge is 0.387 e. The molecule has 1 unspecified atom stereocenters. The number of hydrogen-bond acceptors (Lipinski definition) is 4. The molecule has 1 N–H and O–H groups in total. The molecule has 0 spiro atoms. The van der Waals surface area contributed by atoms with Gasteiger partial charge in [0, 0.05) is 12.6 Å². The molecule has 0 saturated carbocycles. The monoisotopic (exact) mass is 272 g/mol. The van der Waals surface area contributed by atoms with Gasteiger partial charge < -0.3 is 14.5 Å². The molecule has 1 aromatic carbocycles. The van der Waals surface area contributed by atoms with Crippen molar-refractivity contribution in [1.29, 1.82) is 0 Å². The highest BCUT2D eigenvalue weighted by atomic mass is 16.5. The van der Waals surface area contributed by atoms with Crippen molar-refractivity contribution in [3.05, 3.63) is 52.9 Å². The molecule has 0 radical (unpaired) electrons. The number of nitrogens with zero attached hydrogens (tertiary/aromatic N) is 2. The molecule has 0 aliphatic carbocycles. The Morgan fingerprint density at radius 1 is 1.50 bits per heavy atom. The van der Waals surface area contributed by atoms with Crippen molar-refractivity contribution < 1.29 is 14.4 Å². The maximum Gasteiger partial charge on any atom is 0.230 e. The Balaban J connectivity index is 1.74. The molecule has 0 fully saturated rings. The fraction of sp³-hybridized carbons (Fsp3) is 0.333. The summed E-state index contributed by atoms with van der Waals surface area (Å²) in [5, 5.41) is 13.9. The highest BCUT2D eigenvalue weighted by Gasteiger charge is 2.26. The van der Waals surface area contributed by atoms with Gasteiger partial charge in [-0.2, -0.15) is 0 Å². The fourth-order valence-corrected chi connectivity index (χ4v) is 2.53. The summed E-state index contributed by atoms with van der Waals surface area (Å²) in [6, 6.07) is 9.42. The minimum absolute atomic E-state index is 0.0605. The van der Waals surface area contributed by atoms with E-state index in [2.05, 4.69) is 5.16 Å². The average Bonchev–Trinajstić information content (AvgIpc) is 2.84. The lowest BCUT2D eigenvalue weighted by Gasteiger charge is -2.32. The SMILES string of the molecule is Cc1cc(CC(=O)N2Cc3ccccc3C(O)C2)on1. The molecule has 1 aromatic heterocycles. The van der Waals surface area contributed by atoms with Gasteiger partial charge in [0.25, 0.3) is 0 Å². The van der Waals surface area contributed by atoms with Crippen LogP contribution in [0.4, 0.5) is 0 Å². The Kier molecular flexibility index (Phi) is 3.28. The topological polar surface area (TPSA) is 66.6 Å². The van der Waals surface area contributed by atoms with Crippen LogP contribution in [-0.2, 0) is 17.8 Å². The van der Waals surface area contributed by atoms with Crippen LogP contribution in [0.3, 0.4) is 0 Å². The molecule has 5 nitrogen and oxygen atoms in total. The molecule has 5 heteroatoms. The zero-order valence-corrected chi connectivity index (χ0v) is 11.2. The number of benzene rings is 1. The summed E-state index contributed by atoms with van der Waals surface area (Å²) >= 11 is 0. The number of carbonyl (C=O) groups is 1. The van der Waals surface area contributed by atoms with Crippen LogP contribution in [0, 0.1) is 6.92 Å². The summed E-state index contributed by atoms with van der Waals surface area (Å²) < 4.78 is 5.06. The Labute approximate surface area is 116 Å². The highest BCUT2D eigenvalue weighted by molar-refractivity contribution is 5.78. The van der Waals surface area contributed by atoms with E-state index < -0.39 is 6.10 Å². The predicted molar refractivity (Wildman–Crippen MR) is 71.8 cm³/mol. The zero-order valence-electron chi connectivity index (χ0n) is 11.2. The quantitative estimate of drug-likeness (QED) is 0.901. The van der Waals surface area contributed by atoms with Crippen molar-refractivity contribution in [2.75, 3.05) is 6.54 Å². The van der Waals surface area contributed by atoms with Crippen LogP contribution in [-0.4, -0.2) is 27.6 Å². The molecule has 1 amide bonds. The molecule has 20 heavy (non-hydrogen) atoms. The van der Waals surface area contributed by atoms with Gasteiger partial charge in [-0.05, 0) is 18.1 Å². The first-order valence-corrected chi connectivity index (χ1v) is 6.59. The molecule has 1 aliphatic rings. The number of aliphatic hydroxyl groups excluding tert-OH is 1. The van der Waals surface area contributed by atoms with Gasteiger partial charge >= 0.3 is 0 Å². The van der Waals surface area contributed by atoms with Crippen LogP contribution in [0.2, 0.25) is 0 Å². The maximum absolute atomic E-state index is 12.3. The molecular weight excluding hydrogens is 256 g/mol. The van der Waals surface area contributed by atoms with Crippen molar-refractivity contribution in [1.82, 2.24) is 10.1 Å². The van der Waals surface area contributed by atoms with E-state index in [-0.39, 0.29) is 12.3 Å². The summed E-state index contributed by atoms with van der Waals surface area (Å²) in [5.74, 6) is 0.496. The third-order valence-corrected chi connectivity index (χ3v) is 3.52. The van der Waals surface area contributed by atoms with Crippen molar-refractivity contribution >= 4 is 5.91 Å². The third-order valence-electron chi connectivity index (χ3n) is 3.52. The summed E-state index contributed by atoms with van der Waals surface area (Å²) in [6.07, 6.45) is -0.448. The number of aryl methyl sites for hydroxylation is 1. The van der Waals surface area contributed by atoms with E-state index in [0.717, 1.165) is 16.8 Å². The molecule has 1 atom stereocenters. The Morgan fingerprint density at radius 3 is 3.05 bits per heavy atom. The Morgan fingerprint density at radius 2 is 2.30 bits per heavy atom. The smallest absolute Gasteiger partial charge is 0.230 e. The van der Waals surface area contributed by atoms with E-state index in [1.54, 1.807) is 11.0 Å². The van der Waals surface area contributed by atoms with Crippen LogP contribution in [0.1, 0.15) is 28.7 Å². The molecule has 3 rings (SSSR count). The highest BCUT2D eigenvalue weighted by Crippen LogP contribution is 2.26. The molecule has 2 heterocycles. The minimum Gasteiger partial charge on any atom is -0.387 e. The van der Waals surface area contributed by atoms with E-state index in [0.29, 0.717) is 18.8 Å². The van der Waals surface area contributed by atoms with Gasteiger partial charge in [0.2, 0.25) is 5.91 Å². The molecule has 2 aromatic rings. The fourth-order valence-electron chi connectivity index (χ4n) is 2.53. The van der Waals surface area contributed by atoms with E-state index in [9.17, 15) is 9.90 Å². The predicted octanol–water partition coefficient (Wildman–Crippen LogP) is 1.60. The van der Waals surface area contributed by atoms with Crippen molar-refractivity contribution in [2.45, 2.75) is 26.0 Å². The molecular formula is C15H16N2O3. The third kappa shape index (κ3) is 2.44. The van der Waals surface area contributed by atoms with E-state index in [1.165, 1.54) is 0 Å². The Bertz CT molecular complexity index is 636. The number of amides is 1. The van der Waals surface area contributed by atoms with Gasteiger partial charge in [-0.1, -0.05) is 29.4 Å². The van der Waals surface area contributed by atoms with Gasteiger partial charge in [0.15, 0.2) is 0 Å². The number of β-amino-alcohol motifs (C(OH)–C–C–N with tert-alkyl or cyclic N) is 1. The first-order valence-electron chi connectivity index (χ1n) is 6.59. The van der Waals surface area contributed by atoms with Crippen LogP contribution in [0.5, 0.6) is 0 Å². The number of carbonyl (C=O) groups excluding carboxylic acids is 1. The van der Waals surface area contributed by atoms with Gasteiger partial charge in [-0.15, -0.1) is 0 Å². The summed E-state index contributed by atoms with van der Waals surface area (Å²) in [5.41, 5.74) is 2.66. The normalized spacial score (nSPS) is 17.9. The lowest BCUT2D eigenvalue weighted by molar-refractivity contribution is -0.133. The van der Waals surface area contributed by atoms with E-state index in [4.69, 9.17) is 4.52 Å². The first-order chi connectivity index (χ1) is 9.63. The standard InChI is InChI=1S/C15H16N2O3/c1-10-6-12(20-16-10)7-15(19)17-8-11-4-2-3-5-13(11)14(18)9-17/h2-6,14,18H,7-9H2,1H3. The van der Waals surface area contributed by atoms with Gasteiger partial charge in [0.1, 0.15) is 5.76 Å². The molecule has 0 bridgehead atoms. The van der Waals surface area contributed by atoms with Crippen LogP contribution in [0.15, 0.2) is 34.9 Å². The number of fused-ring (bicyclic) bond motifs is 1. The lowest BCUT2D eigenvalue weighted by Crippen LogP contribution is -2.39. The summed E-state index contributed by atoms with van der Waals surface area (Å²) in [6.45, 7) is 2.67. The Hall–Kier alpha value is -2.14. The van der Waals surface area contributed by atoms with Crippen molar-refractivity contribution in [3.63, 3.8) is 0 Å². The van der Waals surface area contributed by atoms with E-state index >= 15 is 0 Å². The maximum atomic E-state index is 12.3. The molecule has 104 valence electrons. The zero-order chi connectivity index (χ0) is 14.1. The van der Waals surface area contributed by atoms with E-state index in [1.807, 2.05) is 31.2 Å². The summed E-state index contributed by atoms with van der Waals surface area (Å²) in [7, 11) is 0. The second-order valence-corrected chi connectivity index (χ2v) is 5.10. The first kappa shape index (κ1) is 12.9. The number of aromatic nitrogens is 1. The van der Waals surface area contributed by atoms with Crippen molar-refractivity contribution in [3.8, 4) is 0 Å². The number of aliphatic hydroxyl groups is 1. The van der Waals surface area contributed by atoms with Gasteiger partial charge in [-0.25, -0.2) is 0 Å². The second kappa shape index (κ2) is 5.09. The van der Waals surface area contributed by atoms with Crippen LogP contribution in [0.25, 0.3) is 0 Å². The van der Waals surface area contributed by atoms with Crippen LogP contribution >= 0.6 is 0 Å². The summed E-state index contributed by atoms with van der Waals surface area (Å²) in [4.78, 5) is 13.9. The minimum atomic E-state index is -0.625. The van der Waals surface area contributed by atoms with Crippen LogP contribution < -0.4 is 0 Å². The van der Waals surface area contributed by atoms with Gasteiger partial charge in [-0.3, -0.25) is 4.79 Å². The van der Waals surface area contributed by atoms with Gasteiger partial charge in [0.05, 0.1) is 24.8 Å². The average molecular weight is 272 g/mol. The molecule has 0 saturated heterocycles.